The van der Waals surface area contributed by atoms with E-state index < -0.39 is 0 Å². The number of carbonyl (C=O) groups excluding carboxylic acids is 2. The zero-order valence-electron chi connectivity index (χ0n) is 18.1. The van der Waals surface area contributed by atoms with E-state index >= 15 is 0 Å². The zero-order chi connectivity index (χ0) is 22.8. The highest BCUT2D eigenvalue weighted by molar-refractivity contribution is 6.00. The topological polar surface area (TPSA) is 104 Å². The van der Waals surface area contributed by atoms with E-state index in [1.165, 1.54) is 6.26 Å². The lowest BCUT2D eigenvalue weighted by Gasteiger charge is -2.34. The van der Waals surface area contributed by atoms with E-state index in [9.17, 15) is 9.59 Å². The molecule has 3 heterocycles. The highest BCUT2D eigenvalue weighted by Crippen LogP contribution is 2.29. The molecule has 4 aromatic rings. The molecule has 1 aliphatic rings. The highest BCUT2D eigenvalue weighted by Gasteiger charge is 2.26. The normalized spacial score (nSPS) is 13.8. The molecule has 168 valence electrons. The number of amides is 3. The molecule has 0 unspecified atom stereocenters. The van der Waals surface area contributed by atoms with Gasteiger partial charge in [0.05, 0.1) is 18.9 Å². The number of aromatic amines is 1. The lowest BCUT2D eigenvalue weighted by molar-refractivity contribution is 0.0640. The predicted octanol–water partition coefficient (Wildman–Crippen LogP) is 3.82. The number of piperazine rings is 1. The van der Waals surface area contributed by atoms with E-state index in [0.29, 0.717) is 37.8 Å². The van der Waals surface area contributed by atoms with E-state index in [1.807, 2.05) is 42.5 Å². The number of nitrogens with one attached hydrogen (secondary N) is 2. The van der Waals surface area contributed by atoms with Gasteiger partial charge in [-0.15, -0.1) is 0 Å². The summed E-state index contributed by atoms with van der Waals surface area (Å²) in [7, 11) is 1.64. The van der Waals surface area contributed by atoms with Crippen LogP contribution in [0.3, 0.4) is 0 Å². The SMILES string of the molecule is COc1cccc(-c2ccc3c(NC(=O)N4CCN(C(=O)c5ccco5)CC4)n[nH]c3c2)c1. The van der Waals surface area contributed by atoms with Crippen molar-refractivity contribution in [2.24, 2.45) is 0 Å². The van der Waals surface area contributed by atoms with Crippen molar-refractivity contribution in [3.63, 3.8) is 0 Å². The molecule has 0 atom stereocenters. The Morgan fingerprint density at radius 2 is 1.79 bits per heavy atom. The van der Waals surface area contributed by atoms with Gasteiger partial charge in [0, 0.05) is 31.6 Å². The highest BCUT2D eigenvalue weighted by atomic mass is 16.5. The van der Waals surface area contributed by atoms with Crippen molar-refractivity contribution >= 4 is 28.7 Å². The number of urea groups is 1. The minimum Gasteiger partial charge on any atom is -0.497 e. The van der Waals surface area contributed by atoms with Crippen molar-refractivity contribution in [3.8, 4) is 16.9 Å². The molecule has 0 bridgehead atoms. The minimum absolute atomic E-state index is 0.162. The van der Waals surface area contributed by atoms with Crippen LogP contribution in [0, 0.1) is 0 Å². The number of nitrogens with zero attached hydrogens (tertiary/aromatic N) is 3. The Kier molecular flexibility index (Phi) is 5.43. The molecular weight excluding hydrogens is 422 g/mol. The Bertz CT molecular complexity index is 1290. The van der Waals surface area contributed by atoms with Gasteiger partial charge in [0.15, 0.2) is 11.6 Å². The molecule has 5 rings (SSSR count). The number of hydrogen-bond donors (Lipinski definition) is 2. The fraction of sp³-hybridized carbons (Fsp3) is 0.208. The number of benzene rings is 2. The maximum atomic E-state index is 12.8. The van der Waals surface area contributed by atoms with Crippen LogP contribution in [-0.2, 0) is 0 Å². The summed E-state index contributed by atoms with van der Waals surface area (Å²) in [5, 5.41) is 11.0. The first-order valence-electron chi connectivity index (χ1n) is 10.6. The molecule has 1 fully saturated rings. The van der Waals surface area contributed by atoms with E-state index in [4.69, 9.17) is 9.15 Å². The second-order valence-corrected chi connectivity index (χ2v) is 7.75. The first-order chi connectivity index (χ1) is 16.1. The summed E-state index contributed by atoms with van der Waals surface area (Å²) in [4.78, 5) is 28.6. The third kappa shape index (κ3) is 4.12. The monoisotopic (exact) mass is 445 g/mol. The van der Waals surface area contributed by atoms with Crippen molar-refractivity contribution < 1.29 is 18.7 Å². The standard InChI is InChI=1S/C24H23N5O4/c1-32-18-5-2-4-16(14-18)17-7-8-19-20(15-17)26-27-22(19)25-24(31)29-11-9-28(10-12-29)23(30)21-6-3-13-33-21/h2-8,13-15H,9-12H2,1H3,(H2,25,26,27,31). The van der Waals surface area contributed by atoms with Crippen molar-refractivity contribution in [1.82, 2.24) is 20.0 Å². The number of H-pyrrole nitrogens is 1. The smallest absolute Gasteiger partial charge is 0.323 e. The van der Waals surface area contributed by atoms with Gasteiger partial charge in [-0.05, 0) is 47.5 Å². The molecule has 2 aromatic carbocycles. The molecule has 9 nitrogen and oxygen atoms in total. The molecule has 3 amide bonds. The Morgan fingerprint density at radius 1 is 1.00 bits per heavy atom. The number of aromatic nitrogens is 2. The molecule has 33 heavy (non-hydrogen) atoms. The average molecular weight is 445 g/mol. The maximum absolute atomic E-state index is 12.8. The first kappa shape index (κ1) is 20.6. The summed E-state index contributed by atoms with van der Waals surface area (Å²) in [6, 6.07) is 16.8. The summed E-state index contributed by atoms with van der Waals surface area (Å²) >= 11 is 0. The molecule has 2 N–H and O–H groups in total. The van der Waals surface area contributed by atoms with Crippen LogP contribution in [-0.4, -0.2) is 65.2 Å². The fourth-order valence-corrected chi connectivity index (χ4v) is 3.95. The van der Waals surface area contributed by atoms with Gasteiger partial charge in [-0.1, -0.05) is 18.2 Å². The number of carbonyl (C=O) groups is 2. The van der Waals surface area contributed by atoms with Gasteiger partial charge in [0.25, 0.3) is 5.91 Å². The second kappa shape index (κ2) is 8.70. The molecular formula is C24H23N5O4. The molecule has 1 saturated heterocycles. The van der Waals surface area contributed by atoms with Crippen molar-refractivity contribution in [2.75, 3.05) is 38.6 Å². The Hall–Kier alpha value is -4.27. The van der Waals surface area contributed by atoms with Crippen LogP contribution < -0.4 is 10.1 Å². The Morgan fingerprint density at radius 3 is 2.55 bits per heavy atom. The Labute approximate surface area is 189 Å². The molecule has 0 radical (unpaired) electrons. The summed E-state index contributed by atoms with van der Waals surface area (Å²) in [5.41, 5.74) is 2.86. The molecule has 9 heteroatoms. The average Bonchev–Trinajstić information content (AvgIpc) is 3.54. The molecule has 2 aromatic heterocycles. The molecule has 0 aliphatic carbocycles. The first-order valence-corrected chi connectivity index (χ1v) is 10.6. The summed E-state index contributed by atoms with van der Waals surface area (Å²) in [5.74, 6) is 1.41. The Balaban J connectivity index is 1.25. The van der Waals surface area contributed by atoms with Gasteiger partial charge >= 0.3 is 6.03 Å². The van der Waals surface area contributed by atoms with Crippen LogP contribution >= 0.6 is 0 Å². The number of anilines is 1. The lowest BCUT2D eigenvalue weighted by atomic mass is 10.0. The third-order valence-corrected chi connectivity index (χ3v) is 5.78. The van der Waals surface area contributed by atoms with Crippen LogP contribution in [0.25, 0.3) is 22.0 Å². The summed E-state index contributed by atoms with van der Waals surface area (Å²) in [6.07, 6.45) is 1.48. The van der Waals surface area contributed by atoms with E-state index in [2.05, 4.69) is 15.5 Å². The molecule has 0 spiro atoms. The lowest BCUT2D eigenvalue weighted by Crippen LogP contribution is -2.51. The number of hydrogen-bond acceptors (Lipinski definition) is 5. The fourth-order valence-electron chi connectivity index (χ4n) is 3.95. The molecule has 1 aliphatic heterocycles. The molecule has 0 saturated carbocycles. The maximum Gasteiger partial charge on any atom is 0.323 e. The van der Waals surface area contributed by atoms with Gasteiger partial charge in [-0.2, -0.15) is 5.10 Å². The summed E-state index contributed by atoms with van der Waals surface area (Å²) < 4.78 is 10.5. The second-order valence-electron chi connectivity index (χ2n) is 7.75. The van der Waals surface area contributed by atoms with Gasteiger partial charge < -0.3 is 19.0 Å². The van der Waals surface area contributed by atoms with Crippen LogP contribution in [0.4, 0.5) is 10.6 Å². The quantitative estimate of drug-likeness (QED) is 0.497. The van der Waals surface area contributed by atoms with Crippen molar-refractivity contribution in [3.05, 3.63) is 66.6 Å². The third-order valence-electron chi connectivity index (χ3n) is 5.78. The van der Waals surface area contributed by atoms with E-state index in [1.54, 1.807) is 29.0 Å². The number of rotatable bonds is 4. The van der Waals surface area contributed by atoms with E-state index in [-0.39, 0.29) is 11.9 Å². The minimum atomic E-state index is -0.245. The van der Waals surface area contributed by atoms with E-state index in [0.717, 1.165) is 27.8 Å². The van der Waals surface area contributed by atoms with Crippen LogP contribution in [0.2, 0.25) is 0 Å². The zero-order valence-corrected chi connectivity index (χ0v) is 18.1. The van der Waals surface area contributed by atoms with Gasteiger partial charge in [-0.3, -0.25) is 15.2 Å². The number of methoxy groups -OCH3 is 1. The number of fused-ring (bicyclic) bond motifs is 1. The largest absolute Gasteiger partial charge is 0.497 e. The predicted molar refractivity (Wildman–Crippen MR) is 123 cm³/mol. The summed E-state index contributed by atoms with van der Waals surface area (Å²) in [6.45, 7) is 1.75. The number of ether oxygens (including phenoxy) is 1. The van der Waals surface area contributed by atoms with Gasteiger partial charge in [0.1, 0.15) is 5.75 Å². The van der Waals surface area contributed by atoms with Crippen LogP contribution in [0.1, 0.15) is 10.6 Å². The number of furan rings is 1. The van der Waals surface area contributed by atoms with Crippen molar-refractivity contribution in [1.29, 1.82) is 0 Å². The van der Waals surface area contributed by atoms with Crippen LogP contribution in [0.5, 0.6) is 5.75 Å². The van der Waals surface area contributed by atoms with Gasteiger partial charge in [0.2, 0.25) is 0 Å². The van der Waals surface area contributed by atoms with Gasteiger partial charge in [-0.25, -0.2) is 4.79 Å². The van der Waals surface area contributed by atoms with Crippen LogP contribution in [0.15, 0.2) is 65.3 Å². The van der Waals surface area contributed by atoms with Crippen molar-refractivity contribution in [2.45, 2.75) is 0 Å².